The summed E-state index contributed by atoms with van der Waals surface area (Å²) in [4.78, 5) is 13.8. The number of likely N-dealkylation sites (tertiary alicyclic amines) is 1. The van der Waals surface area contributed by atoms with Gasteiger partial charge in [0.2, 0.25) is 5.91 Å². The van der Waals surface area contributed by atoms with E-state index in [0.717, 1.165) is 37.8 Å². The summed E-state index contributed by atoms with van der Waals surface area (Å²) in [7, 11) is 0. The van der Waals surface area contributed by atoms with Crippen LogP contribution in [0, 0.1) is 17.8 Å². The maximum atomic E-state index is 11.7. The molecule has 1 saturated heterocycles. The number of hydrogen-bond acceptors (Lipinski definition) is 1. The number of amides is 1. The number of nitrogens with zero attached hydrogens (tertiary/aromatic N) is 1. The Balaban J connectivity index is 1.61. The number of rotatable bonds is 1. The van der Waals surface area contributed by atoms with Crippen molar-refractivity contribution in [3.63, 3.8) is 0 Å². The molecule has 66 valence electrons. The summed E-state index contributed by atoms with van der Waals surface area (Å²) in [5, 5.41) is 0. The van der Waals surface area contributed by atoms with Crippen LogP contribution in [0.1, 0.15) is 25.7 Å². The molecule has 1 aliphatic heterocycles. The Morgan fingerprint density at radius 1 is 1.17 bits per heavy atom. The molecular weight excluding hydrogens is 150 g/mol. The zero-order valence-corrected chi connectivity index (χ0v) is 7.33. The smallest absolute Gasteiger partial charge is 0.225 e. The molecule has 3 rings (SSSR count). The van der Waals surface area contributed by atoms with Gasteiger partial charge in [0.05, 0.1) is 0 Å². The zero-order chi connectivity index (χ0) is 8.13. The lowest BCUT2D eigenvalue weighted by molar-refractivity contribution is -0.137. The fraction of sp³-hybridized carbons (Fsp3) is 0.900. The first kappa shape index (κ1) is 6.93. The highest BCUT2D eigenvalue weighted by Crippen LogP contribution is 2.45. The lowest BCUT2D eigenvalue weighted by atomic mass is 9.84. The molecule has 2 unspecified atom stereocenters. The van der Waals surface area contributed by atoms with Crippen LogP contribution in [0.15, 0.2) is 0 Å². The molecule has 3 fully saturated rings. The molecule has 1 heterocycles. The third-order valence-corrected chi connectivity index (χ3v) is 3.74. The van der Waals surface area contributed by atoms with Crippen molar-refractivity contribution in [2.75, 3.05) is 13.1 Å². The Labute approximate surface area is 72.9 Å². The predicted octanol–water partition coefficient (Wildman–Crippen LogP) is 1.26. The van der Waals surface area contributed by atoms with Gasteiger partial charge < -0.3 is 4.90 Å². The van der Waals surface area contributed by atoms with Crippen molar-refractivity contribution < 1.29 is 4.79 Å². The van der Waals surface area contributed by atoms with Gasteiger partial charge in [-0.1, -0.05) is 6.42 Å². The summed E-state index contributed by atoms with van der Waals surface area (Å²) >= 11 is 0. The fourth-order valence-electron chi connectivity index (χ4n) is 2.49. The number of piperidine rings is 1. The van der Waals surface area contributed by atoms with Gasteiger partial charge in [0.15, 0.2) is 0 Å². The summed E-state index contributed by atoms with van der Waals surface area (Å²) in [6.45, 7) is 2.17. The van der Waals surface area contributed by atoms with Crippen molar-refractivity contribution in [3.8, 4) is 0 Å². The minimum Gasteiger partial charge on any atom is -0.342 e. The number of carbonyl (C=O) groups excluding carboxylic acids is 1. The molecular formula is C10H15NO. The van der Waals surface area contributed by atoms with E-state index < -0.39 is 0 Å². The van der Waals surface area contributed by atoms with E-state index in [1.807, 2.05) is 0 Å². The predicted molar refractivity (Wildman–Crippen MR) is 45.5 cm³/mol. The Kier molecular flexibility index (Phi) is 1.29. The third-order valence-electron chi connectivity index (χ3n) is 3.74. The average molecular weight is 165 g/mol. The molecule has 0 aromatic heterocycles. The normalized spacial score (nSPS) is 39.2. The second-order valence-corrected chi connectivity index (χ2v) is 4.63. The number of carbonyl (C=O) groups is 1. The SMILES string of the molecule is O=C(C1CCC1)N1CC2CC2C1. The quantitative estimate of drug-likeness (QED) is 0.573. The summed E-state index contributed by atoms with van der Waals surface area (Å²) < 4.78 is 0. The van der Waals surface area contributed by atoms with Gasteiger partial charge in [-0.05, 0) is 31.1 Å². The zero-order valence-electron chi connectivity index (χ0n) is 7.33. The molecule has 0 radical (unpaired) electrons. The maximum absolute atomic E-state index is 11.7. The second-order valence-electron chi connectivity index (χ2n) is 4.63. The van der Waals surface area contributed by atoms with Crippen LogP contribution in [0.4, 0.5) is 0 Å². The average Bonchev–Trinajstić information content (AvgIpc) is 2.55. The molecule has 2 heteroatoms. The van der Waals surface area contributed by atoms with Crippen molar-refractivity contribution in [3.05, 3.63) is 0 Å². The van der Waals surface area contributed by atoms with Gasteiger partial charge in [0.25, 0.3) is 0 Å². The Morgan fingerprint density at radius 3 is 2.33 bits per heavy atom. The Bertz CT molecular complexity index is 212. The molecule has 0 bridgehead atoms. The monoisotopic (exact) mass is 165 g/mol. The fourth-order valence-corrected chi connectivity index (χ4v) is 2.49. The van der Waals surface area contributed by atoms with Crippen LogP contribution in [0.5, 0.6) is 0 Å². The number of hydrogen-bond donors (Lipinski definition) is 0. The molecule has 3 aliphatic rings. The molecule has 12 heavy (non-hydrogen) atoms. The largest absolute Gasteiger partial charge is 0.342 e. The Hall–Kier alpha value is -0.530. The molecule has 0 N–H and O–H groups in total. The van der Waals surface area contributed by atoms with Crippen molar-refractivity contribution in [2.24, 2.45) is 17.8 Å². The van der Waals surface area contributed by atoms with Gasteiger partial charge in [0.1, 0.15) is 0 Å². The maximum Gasteiger partial charge on any atom is 0.225 e. The highest BCUT2D eigenvalue weighted by atomic mass is 16.2. The minimum absolute atomic E-state index is 0.419. The molecule has 2 atom stereocenters. The van der Waals surface area contributed by atoms with E-state index in [1.54, 1.807) is 0 Å². The van der Waals surface area contributed by atoms with E-state index in [4.69, 9.17) is 0 Å². The molecule has 2 nitrogen and oxygen atoms in total. The lowest BCUT2D eigenvalue weighted by Gasteiger charge is -2.29. The standard InChI is InChI=1S/C10H15NO/c12-10(7-2-1-3-7)11-5-8-4-9(8)6-11/h7-9H,1-6H2. The van der Waals surface area contributed by atoms with Crippen LogP contribution >= 0.6 is 0 Å². The van der Waals surface area contributed by atoms with Crippen molar-refractivity contribution in [2.45, 2.75) is 25.7 Å². The first-order valence-electron chi connectivity index (χ1n) is 5.13. The van der Waals surface area contributed by atoms with Crippen LogP contribution in [0.2, 0.25) is 0 Å². The van der Waals surface area contributed by atoms with Gasteiger partial charge in [0, 0.05) is 19.0 Å². The van der Waals surface area contributed by atoms with E-state index in [2.05, 4.69) is 4.90 Å². The summed E-state index contributed by atoms with van der Waals surface area (Å²) in [6.07, 6.45) is 4.99. The first-order chi connectivity index (χ1) is 5.84. The second kappa shape index (κ2) is 2.24. The molecule has 0 aromatic carbocycles. The van der Waals surface area contributed by atoms with E-state index in [-0.39, 0.29) is 0 Å². The van der Waals surface area contributed by atoms with Gasteiger partial charge in [-0.25, -0.2) is 0 Å². The van der Waals surface area contributed by atoms with Crippen molar-refractivity contribution >= 4 is 5.91 Å². The molecule has 2 saturated carbocycles. The topological polar surface area (TPSA) is 20.3 Å². The molecule has 2 aliphatic carbocycles. The number of fused-ring (bicyclic) bond motifs is 1. The highest BCUT2D eigenvalue weighted by molar-refractivity contribution is 5.80. The lowest BCUT2D eigenvalue weighted by Crippen LogP contribution is -2.38. The van der Waals surface area contributed by atoms with Crippen molar-refractivity contribution in [1.82, 2.24) is 4.90 Å². The summed E-state index contributed by atoms with van der Waals surface area (Å²) in [5.41, 5.74) is 0. The molecule has 0 spiro atoms. The van der Waals surface area contributed by atoms with Crippen LogP contribution in [0.3, 0.4) is 0 Å². The molecule has 1 amide bonds. The van der Waals surface area contributed by atoms with Crippen LogP contribution < -0.4 is 0 Å². The van der Waals surface area contributed by atoms with E-state index in [9.17, 15) is 4.79 Å². The van der Waals surface area contributed by atoms with E-state index in [0.29, 0.717) is 11.8 Å². The Morgan fingerprint density at radius 2 is 1.83 bits per heavy atom. The van der Waals surface area contributed by atoms with Gasteiger partial charge in [-0.3, -0.25) is 4.79 Å². The van der Waals surface area contributed by atoms with E-state index in [1.165, 1.54) is 12.8 Å². The van der Waals surface area contributed by atoms with Gasteiger partial charge >= 0.3 is 0 Å². The third kappa shape index (κ3) is 0.900. The van der Waals surface area contributed by atoms with Crippen LogP contribution in [-0.4, -0.2) is 23.9 Å². The minimum atomic E-state index is 0.419. The van der Waals surface area contributed by atoms with Crippen molar-refractivity contribution in [1.29, 1.82) is 0 Å². The summed E-state index contributed by atoms with van der Waals surface area (Å²) in [6, 6.07) is 0. The van der Waals surface area contributed by atoms with Crippen LogP contribution in [-0.2, 0) is 4.79 Å². The summed E-state index contributed by atoms with van der Waals surface area (Å²) in [5.74, 6) is 2.68. The van der Waals surface area contributed by atoms with E-state index >= 15 is 0 Å². The van der Waals surface area contributed by atoms with Gasteiger partial charge in [-0.2, -0.15) is 0 Å². The first-order valence-corrected chi connectivity index (χ1v) is 5.13. The highest BCUT2D eigenvalue weighted by Gasteiger charge is 2.47. The molecule has 0 aromatic rings. The van der Waals surface area contributed by atoms with Crippen LogP contribution in [0.25, 0.3) is 0 Å². The van der Waals surface area contributed by atoms with Gasteiger partial charge in [-0.15, -0.1) is 0 Å².